The van der Waals surface area contributed by atoms with Crippen LogP contribution in [0.4, 0.5) is 0 Å². The van der Waals surface area contributed by atoms with E-state index in [0.29, 0.717) is 0 Å². The van der Waals surface area contributed by atoms with Crippen LogP contribution in [0.2, 0.25) is 0 Å². The van der Waals surface area contributed by atoms with E-state index in [1.807, 2.05) is 0 Å². The predicted molar refractivity (Wildman–Crippen MR) is 105 cm³/mol. The molecule has 0 aromatic rings. The summed E-state index contributed by atoms with van der Waals surface area (Å²) in [5.41, 5.74) is 0.219. The van der Waals surface area contributed by atoms with Crippen molar-refractivity contribution in [2.24, 2.45) is 11.8 Å². The van der Waals surface area contributed by atoms with Crippen molar-refractivity contribution in [3.05, 3.63) is 24.3 Å². The van der Waals surface area contributed by atoms with Gasteiger partial charge in [-0.15, -0.1) is 0 Å². The topological polar surface area (TPSA) is 180 Å². The van der Waals surface area contributed by atoms with Gasteiger partial charge < -0.3 is 29.2 Å². The van der Waals surface area contributed by atoms with Gasteiger partial charge in [0.05, 0.1) is 24.7 Å². The molecule has 0 aliphatic heterocycles. The number of hydrogen-bond donors (Lipinski definition) is 2. The van der Waals surface area contributed by atoms with E-state index in [2.05, 4.69) is 13.2 Å². The molecule has 0 aliphatic carbocycles. The lowest BCUT2D eigenvalue weighted by molar-refractivity contribution is -0.168. The Kier molecular flexibility index (Phi) is 12.7. The van der Waals surface area contributed by atoms with Gasteiger partial charge >= 0.3 is 35.8 Å². The van der Waals surface area contributed by atoms with Gasteiger partial charge in [0, 0.05) is 11.1 Å². The van der Waals surface area contributed by atoms with Crippen LogP contribution in [-0.4, -0.2) is 72.5 Å². The number of aliphatic carboxylic acids is 2. The summed E-state index contributed by atoms with van der Waals surface area (Å²) in [5.74, 6) is -10.2. The average molecular weight is 458 g/mol. The summed E-state index contributed by atoms with van der Waals surface area (Å²) in [4.78, 5) is 69.6. The summed E-state index contributed by atoms with van der Waals surface area (Å²) < 4.78 is 19.1. The van der Waals surface area contributed by atoms with Crippen LogP contribution in [0.1, 0.15) is 26.7 Å². The summed E-state index contributed by atoms with van der Waals surface area (Å²) in [7, 11) is 0. The van der Waals surface area contributed by atoms with E-state index >= 15 is 0 Å². The number of rotatable bonds is 15. The predicted octanol–water partition coefficient (Wildman–Crippen LogP) is 0.493. The summed E-state index contributed by atoms with van der Waals surface area (Å²) in [5, 5.41) is 18.2. The van der Waals surface area contributed by atoms with Crippen molar-refractivity contribution in [2.45, 2.75) is 26.7 Å². The first-order valence-corrected chi connectivity index (χ1v) is 9.28. The molecule has 12 nitrogen and oxygen atoms in total. The monoisotopic (exact) mass is 458 g/mol. The maximum absolute atomic E-state index is 12.4. The quantitative estimate of drug-likeness (QED) is 0.150. The zero-order chi connectivity index (χ0) is 24.8. The minimum Gasteiger partial charge on any atom is -0.481 e. The third-order valence-electron chi connectivity index (χ3n) is 3.70. The van der Waals surface area contributed by atoms with E-state index in [4.69, 9.17) is 29.2 Å². The molecular weight excluding hydrogens is 432 g/mol. The molecule has 2 unspecified atom stereocenters. The number of carboxylic acids is 2. The van der Waals surface area contributed by atoms with Crippen molar-refractivity contribution in [3.63, 3.8) is 0 Å². The largest absolute Gasteiger partial charge is 0.481 e. The molecule has 0 radical (unpaired) electrons. The van der Waals surface area contributed by atoms with Crippen LogP contribution in [0.3, 0.4) is 0 Å². The van der Waals surface area contributed by atoms with Crippen LogP contribution in [0.5, 0.6) is 0 Å². The Hall–Kier alpha value is -3.70. The van der Waals surface area contributed by atoms with Gasteiger partial charge in [-0.3, -0.25) is 19.2 Å². The second-order valence-corrected chi connectivity index (χ2v) is 6.58. The molecule has 2 N–H and O–H groups in total. The molecule has 12 heteroatoms. The minimum absolute atomic E-state index is 0.110. The molecule has 0 rings (SSSR count). The fraction of sp³-hybridized carbons (Fsp3) is 0.500. The number of esters is 4. The molecule has 0 saturated carbocycles. The number of carbonyl (C=O) groups is 6. The molecule has 0 amide bonds. The molecule has 32 heavy (non-hydrogen) atoms. The molecule has 0 heterocycles. The van der Waals surface area contributed by atoms with Crippen molar-refractivity contribution in [3.8, 4) is 0 Å². The Morgan fingerprint density at radius 3 is 1.16 bits per heavy atom. The maximum atomic E-state index is 12.4. The first-order chi connectivity index (χ1) is 14.9. The summed E-state index contributed by atoms with van der Waals surface area (Å²) >= 11 is 0. The standard InChI is InChI=1S/C20H26O12/c1-11(2)17(25)29-5-7-31-19(27)13(9-15(21)22)14(10-16(23)24)20(28)32-8-6-30-18(26)12(3)4/h13-14H,1,3,5-10H2,2,4H3,(H,21,22)(H,23,24). The van der Waals surface area contributed by atoms with Crippen LogP contribution in [0, 0.1) is 11.8 Å². The highest BCUT2D eigenvalue weighted by Crippen LogP contribution is 2.23. The molecule has 0 spiro atoms. The van der Waals surface area contributed by atoms with E-state index in [-0.39, 0.29) is 24.4 Å². The van der Waals surface area contributed by atoms with Crippen LogP contribution >= 0.6 is 0 Å². The zero-order valence-corrected chi connectivity index (χ0v) is 17.8. The number of ether oxygens (including phenoxy) is 4. The SMILES string of the molecule is C=C(C)C(=O)OCCOC(=O)C(CC(=O)O)C(CC(=O)O)C(=O)OCCOC(=O)C(=C)C. The van der Waals surface area contributed by atoms with Crippen LogP contribution in [0.15, 0.2) is 24.3 Å². The molecule has 2 atom stereocenters. The zero-order valence-electron chi connectivity index (χ0n) is 17.8. The highest BCUT2D eigenvalue weighted by atomic mass is 16.6. The third-order valence-corrected chi connectivity index (χ3v) is 3.70. The highest BCUT2D eigenvalue weighted by molar-refractivity contribution is 5.88. The van der Waals surface area contributed by atoms with Gasteiger partial charge in [0.2, 0.25) is 0 Å². The molecule has 0 fully saturated rings. The van der Waals surface area contributed by atoms with Crippen molar-refractivity contribution in [2.75, 3.05) is 26.4 Å². The Morgan fingerprint density at radius 2 is 0.906 bits per heavy atom. The maximum Gasteiger partial charge on any atom is 0.333 e. The Morgan fingerprint density at radius 1 is 0.625 bits per heavy atom. The molecular formula is C20H26O12. The fourth-order valence-electron chi connectivity index (χ4n) is 2.17. The van der Waals surface area contributed by atoms with Crippen LogP contribution in [0.25, 0.3) is 0 Å². The lowest BCUT2D eigenvalue weighted by Gasteiger charge is -2.22. The molecule has 0 bridgehead atoms. The third kappa shape index (κ3) is 11.5. The Labute approximate surface area is 183 Å². The molecule has 0 saturated heterocycles. The highest BCUT2D eigenvalue weighted by Gasteiger charge is 2.39. The fourth-order valence-corrected chi connectivity index (χ4v) is 2.17. The lowest BCUT2D eigenvalue weighted by Crippen LogP contribution is -2.36. The van der Waals surface area contributed by atoms with Gasteiger partial charge in [0.15, 0.2) is 0 Å². The van der Waals surface area contributed by atoms with E-state index < -0.39 is 73.7 Å². The second kappa shape index (κ2) is 14.3. The molecule has 0 aliphatic rings. The molecule has 178 valence electrons. The Balaban J connectivity index is 5.13. The van der Waals surface area contributed by atoms with Gasteiger partial charge in [0.25, 0.3) is 0 Å². The van der Waals surface area contributed by atoms with Gasteiger partial charge in [-0.1, -0.05) is 13.2 Å². The molecule has 0 aromatic carbocycles. The Bertz CT molecular complexity index is 703. The van der Waals surface area contributed by atoms with Gasteiger partial charge in [0.1, 0.15) is 26.4 Å². The van der Waals surface area contributed by atoms with Gasteiger partial charge in [-0.25, -0.2) is 9.59 Å². The lowest BCUT2D eigenvalue weighted by atomic mass is 9.86. The summed E-state index contributed by atoms with van der Waals surface area (Å²) in [6, 6.07) is 0. The van der Waals surface area contributed by atoms with Crippen molar-refractivity contribution >= 4 is 35.8 Å². The first-order valence-electron chi connectivity index (χ1n) is 9.28. The summed E-state index contributed by atoms with van der Waals surface area (Å²) in [6.07, 6.45) is -1.83. The van der Waals surface area contributed by atoms with E-state index in [1.165, 1.54) is 13.8 Å². The van der Waals surface area contributed by atoms with E-state index in [1.54, 1.807) is 0 Å². The minimum atomic E-state index is -1.69. The molecule has 0 aromatic heterocycles. The van der Waals surface area contributed by atoms with Crippen molar-refractivity contribution in [1.82, 2.24) is 0 Å². The average Bonchev–Trinajstić information content (AvgIpc) is 2.69. The second-order valence-electron chi connectivity index (χ2n) is 6.58. The number of carboxylic acid groups (broad SMARTS) is 2. The number of hydrogen-bond acceptors (Lipinski definition) is 10. The van der Waals surface area contributed by atoms with Gasteiger partial charge in [-0.2, -0.15) is 0 Å². The first kappa shape index (κ1) is 28.3. The summed E-state index contributed by atoms with van der Waals surface area (Å²) in [6.45, 7) is 7.89. The van der Waals surface area contributed by atoms with Crippen LogP contribution in [-0.2, 0) is 47.7 Å². The van der Waals surface area contributed by atoms with E-state index in [9.17, 15) is 28.8 Å². The van der Waals surface area contributed by atoms with Crippen molar-refractivity contribution < 1.29 is 57.9 Å². The van der Waals surface area contributed by atoms with Crippen molar-refractivity contribution in [1.29, 1.82) is 0 Å². The van der Waals surface area contributed by atoms with Crippen LogP contribution < -0.4 is 0 Å². The number of carbonyl (C=O) groups excluding carboxylic acids is 4. The van der Waals surface area contributed by atoms with E-state index in [0.717, 1.165) is 0 Å². The smallest absolute Gasteiger partial charge is 0.333 e. The van der Waals surface area contributed by atoms with Gasteiger partial charge in [-0.05, 0) is 13.8 Å². The normalized spacial score (nSPS) is 11.9.